The molecule has 1 N–H and O–H groups in total. The Bertz CT molecular complexity index is 870. The van der Waals surface area contributed by atoms with Crippen molar-refractivity contribution in [2.24, 2.45) is 5.92 Å². The van der Waals surface area contributed by atoms with Gasteiger partial charge in [-0.1, -0.05) is 13.0 Å². The van der Waals surface area contributed by atoms with E-state index >= 15 is 0 Å². The largest absolute Gasteiger partial charge is 0.472 e. The molecule has 32 heavy (non-hydrogen) atoms. The Balaban J connectivity index is 1.94. The predicted molar refractivity (Wildman–Crippen MR) is 123 cm³/mol. The van der Waals surface area contributed by atoms with Gasteiger partial charge < -0.3 is 24.5 Å². The number of amides is 2. The molecule has 176 valence electrons. The number of carbonyl (C=O) groups is 2. The van der Waals surface area contributed by atoms with Gasteiger partial charge in [-0.25, -0.2) is 4.98 Å². The second kappa shape index (κ2) is 10.4. The van der Waals surface area contributed by atoms with Gasteiger partial charge in [0, 0.05) is 25.7 Å². The molecule has 8 heteroatoms. The number of aliphatic hydroxyl groups is 1. The summed E-state index contributed by atoms with van der Waals surface area (Å²) < 4.78 is 6.28. The van der Waals surface area contributed by atoms with Crippen LogP contribution in [0.5, 0.6) is 5.88 Å². The zero-order chi connectivity index (χ0) is 23.4. The van der Waals surface area contributed by atoms with Crippen LogP contribution in [-0.2, 0) is 4.79 Å². The molecule has 1 aromatic heterocycles. The number of ether oxygens (including phenoxy) is 1. The zero-order valence-corrected chi connectivity index (χ0v) is 19.9. The van der Waals surface area contributed by atoms with Crippen LogP contribution < -0.4 is 4.74 Å². The first-order chi connectivity index (χ1) is 15.2. The van der Waals surface area contributed by atoms with E-state index in [1.807, 2.05) is 38.9 Å². The molecule has 1 aliphatic heterocycles. The van der Waals surface area contributed by atoms with Crippen molar-refractivity contribution in [1.29, 1.82) is 0 Å². The third-order valence-corrected chi connectivity index (χ3v) is 6.26. The Morgan fingerprint density at radius 1 is 1.38 bits per heavy atom. The number of fused-ring (bicyclic) bond motifs is 1. The normalized spacial score (nSPS) is 22.0. The van der Waals surface area contributed by atoms with E-state index in [1.54, 1.807) is 23.0 Å². The van der Waals surface area contributed by atoms with Crippen LogP contribution in [0.4, 0.5) is 0 Å². The molecular formula is C24H36N4O4. The molecule has 2 amide bonds. The predicted octanol–water partition coefficient (Wildman–Crippen LogP) is 1.89. The van der Waals surface area contributed by atoms with Gasteiger partial charge in [-0.2, -0.15) is 0 Å². The lowest BCUT2D eigenvalue weighted by molar-refractivity contribution is -0.132. The number of rotatable bonds is 7. The SMILES string of the molecule is C[C@H](CO)N1C[C@H](C)[C@@H](CN(C)C(=O)CN(C)C)Oc2ncc(C3=CCCC3)cc2C1=O. The number of allylic oxidation sites excluding steroid dienone is 2. The van der Waals surface area contributed by atoms with Crippen molar-refractivity contribution in [2.45, 2.75) is 45.3 Å². The minimum absolute atomic E-state index is 0.00113. The molecule has 3 rings (SSSR count). The molecule has 0 radical (unpaired) electrons. The van der Waals surface area contributed by atoms with Crippen molar-refractivity contribution >= 4 is 17.4 Å². The van der Waals surface area contributed by atoms with Crippen LogP contribution in [0.25, 0.3) is 5.57 Å². The molecule has 0 unspecified atom stereocenters. The summed E-state index contributed by atoms with van der Waals surface area (Å²) in [6, 6.07) is 1.53. The van der Waals surface area contributed by atoms with Crippen LogP contribution in [0.1, 0.15) is 49.0 Å². The van der Waals surface area contributed by atoms with Gasteiger partial charge in [0.1, 0.15) is 11.7 Å². The van der Waals surface area contributed by atoms with Crippen LogP contribution in [-0.4, -0.2) is 96.1 Å². The average molecular weight is 445 g/mol. The smallest absolute Gasteiger partial charge is 0.259 e. The van der Waals surface area contributed by atoms with Crippen LogP contribution in [0.15, 0.2) is 18.3 Å². The number of aromatic nitrogens is 1. The van der Waals surface area contributed by atoms with Crippen LogP contribution in [0, 0.1) is 5.92 Å². The Labute approximate surface area is 190 Å². The van der Waals surface area contributed by atoms with E-state index in [2.05, 4.69) is 11.1 Å². The first-order valence-electron chi connectivity index (χ1n) is 11.4. The van der Waals surface area contributed by atoms with Gasteiger partial charge in [0.25, 0.3) is 5.91 Å². The quantitative estimate of drug-likeness (QED) is 0.691. The maximum absolute atomic E-state index is 13.5. The van der Waals surface area contributed by atoms with Crippen LogP contribution in [0.3, 0.4) is 0 Å². The Kier molecular flexibility index (Phi) is 7.90. The fraction of sp³-hybridized carbons (Fsp3) is 0.625. The summed E-state index contributed by atoms with van der Waals surface area (Å²) >= 11 is 0. The van der Waals surface area contributed by atoms with Crippen molar-refractivity contribution in [1.82, 2.24) is 19.7 Å². The lowest BCUT2D eigenvalue weighted by Gasteiger charge is -2.37. The Morgan fingerprint density at radius 2 is 2.12 bits per heavy atom. The highest BCUT2D eigenvalue weighted by atomic mass is 16.5. The second-order valence-corrected chi connectivity index (χ2v) is 9.33. The lowest BCUT2D eigenvalue weighted by atomic mass is 9.99. The average Bonchev–Trinajstić information content (AvgIpc) is 3.29. The van der Waals surface area contributed by atoms with Gasteiger partial charge in [0.05, 0.1) is 25.7 Å². The summed E-state index contributed by atoms with van der Waals surface area (Å²) in [6.07, 6.45) is 6.75. The molecule has 8 nitrogen and oxygen atoms in total. The molecule has 0 saturated carbocycles. The number of carbonyl (C=O) groups excluding carboxylic acids is 2. The molecular weight excluding hydrogens is 408 g/mol. The molecule has 0 saturated heterocycles. The van der Waals surface area contributed by atoms with Gasteiger partial charge in [-0.05, 0) is 57.5 Å². The summed E-state index contributed by atoms with van der Waals surface area (Å²) in [6.45, 7) is 4.84. The fourth-order valence-electron chi connectivity index (χ4n) is 4.19. The molecule has 0 fully saturated rings. The molecule has 2 heterocycles. The highest BCUT2D eigenvalue weighted by Crippen LogP contribution is 2.32. The number of aliphatic hydroxyl groups excluding tert-OH is 1. The summed E-state index contributed by atoms with van der Waals surface area (Å²) in [5.74, 6) is 0.0465. The third-order valence-electron chi connectivity index (χ3n) is 6.26. The fourth-order valence-corrected chi connectivity index (χ4v) is 4.19. The van der Waals surface area contributed by atoms with Gasteiger partial charge in [-0.3, -0.25) is 9.59 Å². The first-order valence-corrected chi connectivity index (χ1v) is 11.4. The van der Waals surface area contributed by atoms with E-state index in [0.29, 0.717) is 25.2 Å². The van der Waals surface area contributed by atoms with Crippen molar-refractivity contribution < 1.29 is 19.4 Å². The molecule has 0 bridgehead atoms. The minimum atomic E-state index is -0.338. The molecule has 2 aliphatic rings. The highest BCUT2D eigenvalue weighted by molar-refractivity contribution is 5.97. The minimum Gasteiger partial charge on any atom is -0.472 e. The number of pyridine rings is 1. The molecule has 1 aromatic rings. The van der Waals surface area contributed by atoms with E-state index < -0.39 is 0 Å². The number of hydrogen-bond donors (Lipinski definition) is 1. The highest BCUT2D eigenvalue weighted by Gasteiger charge is 2.35. The topological polar surface area (TPSA) is 86.2 Å². The van der Waals surface area contributed by atoms with Crippen molar-refractivity contribution in [3.8, 4) is 5.88 Å². The maximum atomic E-state index is 13.5. The number of nitrogens with zero attached hydrogens (tertiary/aromatic N) is 4. The molecule has 3 atom stereocenters. The van der Waals surface area contributed by atoms with E-state index in [-0.39, 0.29) is 42.4 Å². The monoisotopic (exact) mass is 444 g/mol. The van der Waals surface area contributed by atoms with E-state index in [4.69, 9.17) is 4.74 Å². The summed E-state index contributed by atoms with van der Waals surface area (Å²) in [5.41, 5.74) is 2.56. The van der Waals surface area contributed by atoms with Gasteiger partial charge >= 0.3 is 0 Å². The summed E-state index contributed by atoms with van der Waals surface area (Å²) in [7, 11) is 5.49. The van der Waals surface area contributed by atoms with E-state index in [1.165, 1.54) is 5.57 Å². The van der Waals surface area contributed by atoms with Crippen molar-refractivity contribution in [2.75, 3.05) is 47.4 Å². The standard InChI is InChI=1S/C24H36N4O4/c1-16-12-28(17(2)15-29)24(31)20-10-19(18-8-6-7-9-18)11-25-23(20)32-21(16)13-27(5)22(30)14-26(3)4/h8,10-11,16-17,21,29H,6-7,9,12-15H2,1-5H3/t16-,17+,21+/m0/s1. The van der Waals surface area contributed by atoms with Gasteiger partial charge in [0.15, 0.2) is 0 Å². The van der Waals surface area contributed by atoms with Gasteiger partial charge in [-0.15, -0.1) is 0 Å². The maximum Gasteiger partial charge on any atom is 0.259 e. The summed E-state index contributed by atoms with van der Waals surface area (Å²) in [4.78, 5) is 35.7. The first kappa shape index (κ1) is 24.2. The lowest BCUT2D eigenvalue weighted by Crippen LogP contribution is -2.51. The van der Waals surface area contributed by atoms with E-state index in [9.17, 15) is 14.7 Å². The summed E-state index contributed by atoms with van der Waals surface area (Å²) in [5, 5.41) is 9.79. The number of hydrogen-bond acceptors (Lipinski definition) is 6. The van der Waals surface area contributed by atoms with Crippen LogP contribution >= 0.6 is 0 Å². The van der Waals surface area contributed by atoms with Gasteiger partial charge in [0.2, 0.25) is 11.8 Å². The molecule has 1 aliphatic carbocycles. The third kappa shape index (κ3) is 5.48. The Morgan fingerprint density at radius 3 is 2.75 bits per heavy atom. The molecule has 0 spiro atoms. The van der Waals surface area contributed by atoms with Crippen LogP contribution in [0.2, 0.25) is 0 Å². The van der Waals surface area contributed by atoms with Crippen molar-refractivity contribution in [3.63, 3.8) is 0 Å². The molecule has 0 aromatic carbocycles. The second-order valence-electron chi connectivity index (χ2n) is 9.33. The number of likely N-dealkylation sites (N-methyl/N-ethyl adjacent to an activating group) is 2. The Hall–Kier alpha value is -2.45. The van der Waals surface area contributed by atoms with Crippen molar-refractivity contribution in [3.05, 3.63) is 29.5 Å². The zero-order valence-electron chi connectivity index (χ0n) is 19.9. The van der Waals surface area contributed by atoms with E-state index in [0.717, 1.165) is 24.8 Å².